The molecule has 3 aliphatic rings. The second-order valence-electron chi connectivity index (χ2n) is 4.63. The molecule has 3 atom stereocenters. The zero-order valence-corrected chi connectivity index (χ0v) is 8.99. The van der Waals surface area contributed by atoms with E-state index in [4.69, 9.17) is 4.74 Å². The van der Waals surface area contributed by atoms with Gasteiger partial charge in [-0.15, -0.1) is 6.58 Å². The van der Waals surface area contributed by atoms with Gasteiger partial charge in [0.15, 0.2) is 0 Å². The number of esters is 1. The SMILES string of the molecule is C=C[C@@]12CC[C@@H](C[C@H]1C(=O)OC)C(=O)C2. The lowest BCUT2D eigenvalue weighted by Crippen LogP contribution is -2.49. The molecule has 0 unspecified atom stereocenters. The second-order valence-corrected chi connectivity index (χ2v) is 4.63. The van der Waals surface area contributed by atoms with Gasteiger partial charge in [0.25, 0.3) is 0 Å². The third-order valence-electron chi connectivity index (χ3n) is 4.02. The molecule has 3 fully saturated rings. The van der Waals surface area contributed by atoms with E-state index in [-0.39, 0.29) is 23.2 Å². The highest BCUT2D eigenvalue weighted by molar-refractivity contribution is 5.87. The van der Waals surface area contributed by atoms with Crippen LogP contribution in [0.2, 0.25) is 0 Å². The minimum atomic E-state index is -0.321. The molecule has 0 aromatic carbocycles. The standard InChI is InChI=1S/C12H16O3/c1-3-12-5-4-8(10(13)7-12)6-9(12)11(14)15-2/h3,8-9H,1,4-7H2,2H3/t8-,9-,12-/m0/s1. The van der Waals surface area contributed by atoms with Crippen LogP contribution in [-0.4, -0.2) is 18.9 Å². The quantitative estimate of drug-likeness (QED) is 0.512. The van der Waals surface area contributed by atoms with Gasteiger partial charge in [-0.25, -0.2) is 0 Å². The minimum Gasteiger partial charge on any atom is -0.469 e. The van der Waals surface area contributed by atoms with E-state index in [1.807, 2.05) is 0 Å². The molecule has 0 saturated heterocycles. The molecule has 0 aromatic rings. The molecule has 2 bridgehead atoms. The van der Waals surface area contributed by atoms with Crippen LogP contribution in [0, 0.1) is 17.3 Å². The van der Waals surface area contributed by atoms with E-state index in [0.717, 1.165) is 12.8 Å². The molecule has 3 heteroatoms. The molecule has 3 rings (SSSR count). The first-order valence-corrected chi connectivity index (χ1v) is 5.37. The molecule has 3 saturated carbocycles. The molecule has 0 radical (unpaired) electrons. The number of carbonyl (C=O) groups excluding carboxylic acids is 2. The predicted molar refractivity (Wildman–Crippen MR) is 55.1 cm³/mol. The summed E-state index contributed by atoms with van der Waals surface area (Å²) in [5.74, 6) is 0.0285. The smallest absolute Gasteiger partial charge is 0.309 e. The fraction of sp³-hybridized carbons (Fsp3) is 0.667. The third kappa shape index (κ3) is 1.41. The van der Waals surface area contributed by atoms with Crippen LogP contribution in [0.25, 0.3) is 0 Å². The first kappa shape index (κ1) is 10.4. The molecule has 0 heterocycles. The van der Waals surface area contributed by atoms with Gasteiger partial charge in [-0.3, -0.25) is 9.59 Å². The number of Topliss-reactive ketones (excluding diaryl/α,β-unsaturated/α-hetero) is 1. The van der Waals surface area contributed by atoms with Crippen molar-refractivity contribution in [3.05, 3.63) is 12.7 Å². The van der Waals surface area contributed by atoms with Gasteiger partial charge < -0.3 is 4.74 Å². The van der Waals surface area contributed by atoms with E-state index >= 15 is 0 Å². The molecular formula is C12H16O3. The highest BCUT2D eigenvalue weighted by Crippen LogP contribution is 2.53. The number of ether oxygens (including phenoxy) is 1. The van der Waals surface area contributed by atoms with Crippen LogP contribution < -0.4 is 0 Å². The fourth-order valence-electron chi connectivity index (χ4n) is 3.02. The van der Waals surface area contributed by atoms with Crippen molar-refractivity contribution in [2.45, 2.75) is 25.7 Å². The van der Waals surface area contributed by atoms with Gasteiger partial charge in [-0.1, -0.05) is 6.08 Å². The molecule has 0 N–H and O–H groups in total. The normalized spacial score (nSPS) is 38.9. The Hall–Kier alpha value is -1.12. The van der Waals surface area contributed by atoms with E-state index in [1.165, 1.54) is 7.11 Å². The van der Waals surface area contributed by atoms with Crippen molar-refractivity contribution in [2.75, 3.05) is 7.11 Å². The molecule has 15 heavy (non-hydrogen) atoms. The number of allylic oxidation sites excluding steroid dienone is 1. The van der Waals surface area contributed by atoms with Gasteiger partial charge in [-0.05, 0) is 19.3 Å². The van der Waals surface area contributed by atoms with Crippen molar-refractivity contribution in [1.29, 1.82) is 0 Å². The Morgan fingerprint density at radius 1 is 1.67 bits per heavy atom. The summed E-state index contributed by atoms with van der Waals surface area (Å²) in [5.41, 5.74) is -0.321. The number of carbonyl (C=O) groups is 2. The summed E-state index contributed by atoms with van der Waals surface area (Å²) < 4.78 is 4.81. The van der Waals surface area contributed by atoms with E-state index < -0.39 is 0 Å². The average molecular weight is 208 g/mol. The van der Waals surface area contributed by atoms with Crippen molar-refractivity contribution in [3.63, 3.8) is 0 Å². The maximum Gasteiger partial charge on any atom is 0.309 e. The summed E-state index contributed by atoms with van der Waals surface area (Å²) in [7, 11) is 1.41. The van der Waals surface area contributed by atoms with Crippen LogP contribution in [0.15, 0.2) is 12.7 Å². The number of hydrogen-bond acceptors (Lipinski definition) is 3. The van der Waals surface area contributed by atoms with E-state index in [2.05, 4.69) is 6.58 Å². The largest absolute Gasteiger partial charge is 0.469 e. The Balaban J connectivity index is 2.31. The van der Waals surface area contributed by atoms with Crippen LogP contribution in [0.5, 0.6) is 0 Å². The third-order valence-corrected chi connectivity index (χ3v) is 4.02. The van der Waals surface area contributed by atoms with Crippen LogP contribution >= 0.6 is 0 Å². The van der Waals surface area contributed by atoms with E-state index in [0.29, 0.717) is 18.6 Å². The number of methoxy groups -OCH3 is 1. The van der Waals surface area contributed by atoms with E-state index in [1.54, 1.807) is 6.08 Å². The molecule has 3 aliphatic carbocycles. The van der Waals surface area contributed by atoms with E-state index in [9.17, 15) is 9.59 Å². The first-order chi connectivity index (χ1) is 7.13. The Morgan fingerprint density at radius 3 is 2.93 bits per heavy atom. The predicted octanol–water partition coefficient (Wildman–Crippen LogP) is 1.72. The topological polar surface area (TPSA) is 43.4 Å². The molecule has 0 amide bonds. The van der Waals surface area contributed by atoms with Gasteiger partial charge in [-0.2, -0.15) is 0 Å². The minimum absolute atomic E-state index is 0.0796. The molecule has 3 nitrogen and oxygen atoms in total. The lowest BCUT2D eigenvalue weighted by molar-refractivity contribution is -0.158. The molecule has 0 aliphatic heterocycles. The Kier molecular flexibility index (Phi) is 2.41. The number of rotatable bonds is 2. The summed E-state index contributed by atoms with van der Waals surface area (Å²) in [6.45, 7) is 3.79. The molecule has 82 valence electrons. The maximum atomic E-state index is 11.7. The summed E-state index contributed by atoms with van der Waals surface area (Å²) in [4.78, 5) is 23.3. The van der Waals surface area contributed by atoms with Crippen LogP contribution in [0.3, 0.4) is 0 Å². The number of hydrogen-bond donors (Lipinski definition) is 0. The second kappa shape index (κ2) is 3.47. The highest BCUT2D eigenvalue weighted by atomic mass is 16.5. The van der Waals surface area contributed by atoms with Gasteiger partial charge in [0.1, 0.15) is 5.78 Å². The Bertz CT molecular complexity index is 321. The Labute approximate surface area is 89.5 Å². The van der Waals surface area contributed by atoms with Crippen molar-refractivity contribution in [1.82, 2.24) is 0 Å². The van der Waals surface area contributed by atoms with Crippen molar-refractivity contribution in [3.8, 4) is 0 Å². The van der Waals surface area contributed by atoms with Crippen LogP contribution in [-0.2, 0) is 14.3 Å². The lowest BCUT2D eigenvalue weighted by Gasteiger charge is -2.48. The van der Waals surface area contributed by atoms with Gasteiger partial charge in [0.2, 0.25) is 0 Å². The highest BCUT2D eigenvalue weighted by Gasteiger charge is 2.53. The van der Waals surface area contributed by atoms with Crippen molar-refractivity contribution >= 4 is 11.8 Å². The Morgan fingerprint density at radius 2 is 2.40 bits per heavy atom. The fourth-order valence-corrected chi connectivity index (χ4v) is 3.02. The first-order valence-electron chi connectivity index (χ1n) is 5.37. The van der Waals surface area contributed by atoms with Gasteiger partial charge >= 0.3 is 5.97 Å². The monoisotopic (exact) mass is 208 g/mol. The van der Waals surface area contributed by atoms with Crippen LogP contribution in [0.1, 0.15) is 25.7 Å². The van der Waals surface area contributed by atoms with Gasteiger partial charge in [0, 0.05) is 17.8 Å². The summed E-state index contributed by atoms with van der Waals surface area (Å²) in [6, 6.07) is 0. The summed E-state index contributed by atoms with van der Waals surface area (Å²) >= 11 is 0. The number of fused-ring (bicyclic) bond motifs is 3. The van der Waals surface area contributed by atoms with Crippen LogP contribution in [0.4, 0.5) is 0 Å². The lowest BCUT2D eigenvalue weighted by atomic mass is 9.54. The molecular weight excluding hydrogens is 192 g/mol. The van der Waals surface area contributed by atoms with Gasteiger partial charge in [0.05, 0.1) is 13.0 Å². The molecule has 0 aromatic heterocycles. The zero-order valence-electron chi connectivity index (χ0n) is 8.99. The summed E-state index contributed by atoms with van der Waals surface area (Å²) in [5, 5.41) is 0. The van der Waals surface area contributed by atoms with Crippen molar-refractivity contribution < 1.29 is 14.3 Å². The maximum absolute atomic E-state index is 11.7. The summed E-state index contributed by atoms with van der Waals surface area (Å²) in [6.07, 6.45) is 4.71. The average Bonchev–Trinajstić information content (AvgIpc) is 2.28. The van der Waals surface area contributed by atoms with Crippen molar-refractivity contribution in [2.24, 2.45) is 17.3 Å². The number of ketones is 1. The molecule has 0 spiro atoms. The zero-order chi connectivity index (χ0) is 11.1.